The molecule has 0 aliphatic carbocycles. The van der Waals surface area contributed by atoms with E-state index < -0.39 is 24.0 Å². The molecule has 0 bridgehead atoms. The molecule has 0 saturated carbocycles. The third kappa shape index (κ3) is 5.14. The second kappa shape index (κ2) is 8.58. The molecule has 8 heteroatoms. The molecule has 0 aromatic rings. The largest absolute Gasteiger partial charge is 0.469 e. The van der Waals surface area contributed by atoms with E-state index in [0.717, 1.165) is 11.5 Å². The average molecular weight is 305 g/mol. The summed E-state index contributed by atoms with van der Waals surface area (Å²) in [5.41, 5.74) is 8.66. The SMILES string of the molecule is COC(=O)[C@H]([C@@H](C)O)[C@@H](CC1SCCCS1)N=[N+]=[N-]. The lowest BCUT2D eigenvalue weighted by Crippen LogP contribution is -2.37. The Morgan fingerprint density at radius 3 is 2.68 bits per heavy atom. The normalized spacial score (nSPS) is 21.0. The van der Waals surface area contributed by atoms with E-state index in [1.54, 1.807) is 0 Å². The topological polar surface area (TPSA) is 95.3 Å². The monoisotopic (exact) mass is 305 g/mol. The number of hydrogen-bond acceptors (Lipinski definition) is 6. The number of aliphatic hydroxyl groups is 1. The van der Waals surface area contributed by atoms with Gasteiger partial charge in [0, 0.05) is 4.91 Å². The van der Waals surface area contributed by atoms with Gasteiger partial charge in [0.25, 0.3) is 0 Å². The van der Waals surface area contributed by atoms with Gasteiger partial charge in [-0.1, -0.05) is 5.11 Å². The van der Waals surface area contributed by atoms with Crippen LogP contribution in [0.15, 0.2) is 5.11 Å². The summed E-state index contributed by atoms with van der Waals surface area (Å²) in [6.45, 7) is 1.52. The molecule has 0 aromatic carbocycles. The minimum Gasteiger partial charge on any atom is -0.469 e. The maximum atomic E-state index is 11.7. The minimum absolute atomic E-state index is 0.301. The zero-order valence-corrected chi connectivity index (χ0v) is 12.7. The van der Waals surface area contributed by atoms with Crippen molar-refractivity contribution in [2.45, 2.75) is 36.5 Å². The Bertz CT molecular complexity index is 342. The molecule has 1 rings (SSSR count). The molecule has 1 heterocycles. The minimum atomic E-state index is -0.901. The summed E-state index contributed by atoms with van der Waals surface area (Å²) in [4.78, 5) is 14.5. The van der Waals surface area contributed by atoms with Crippen LogP contribution < -0.4 is 0 Å². The summed E-state index contributed by atoms with van der Waals surface area (Å²) in [7, 11) is 1.27. The van der Waals surface area contributed by atoms with Crippen molar-refractivity contribution in [1.82, 2.24) is 0 Å². The third-order valence-corrected chi connectivity index (χ3v) is 5.93. The van der Waals surface area contributed by atoms with E-state index in [2.05, 4.69) is 10.0 Å². The molecule has 1 aliphatic heterocycles. The number of rotatable bonds is 6. The fourth-order valence-corrected chi connectivity index (χ4v) is 4.97. The van der Waals surface area contributed by atoms with E-state index in [0.29, 0.717) is 11.0 Å². The third-order valence-electron chi connectivity index (χ3n) is 2.94. The van der Waals surface area contributed by atoms with Gasteiger partial charge in [-0.2, -0.15) is 0 Å². The number of esters is 1. The summed E-state index contributed by atoms with van der Waals surface area (Å²) < 4.78 is 5.00. The number of azide groups is 1. The molecule has 0 radical (unpaired) electrons. The van der Waals surface area contributed by atoms with Crippen molar-refractivity contribution in [3.63, 3.8) is 0 Å². The molecule has 6 nitrogen and oxygen atoms in total. The van der Waals surface area contributed by atoms with Crippen molar-refractivity contribution in [2.75, 3.05) is 18.6 Å². The van der Waals surface area contributed by atoms with Gasteiger partial charge in [-0.15, -0.1) is 23.5 Å². The van der Waals surface area contributed by atoms with Crippen molar-refractivity contribution in [1.29, 1.82) is 0 Å². The maximum Gasteiger partial charge on any atom is 0.311 e. The lowest BCUT2D eigenvalue weighted by atomic mass is 9.93. The van der Waals surface area contributed by atoms with Crippen molar-refractivity contribution in [2.24, 2.45) is 11.0 Å². The molecule has 19 heavy (non-hydrogen) atoms. The second-order valence-corrected chi connectivity index (χ2v) is 7.24. The maximum absolute atomic E-state index is 11.7. The molecule has 108 valence electrons. The number of carbonyl (C=O) groups excluding carboxylic acids is 1. The Hall–Kier alpha value is -0.560. The molecular weight excluding hydrogens is 286 g/mol. The Balaban J connectivity index is 2.77. The highest BCUT2D eigenvalue weighted by Gasteiger charge is 2.35. The van der Waals surface area contributed by atoms with E-state index in [4.69, 9.17) is 10.3 Å². The van der Waals surface area contributed by atoms with Gasteiger partial charge < -0.3 is 9.84 Å². The first kappa shape index (κ1) is 16.5. The highest BCUT2D eigenvalue weighted by molar-refractivity contribution is 8.17. The number of ether oxygens (including phenoxy) is 1. The van der Waals surface area contributed by atoms with Crippen LogP contribution in [0.5, 0.6) is 0 Å². The molecule has 0 amide bonds. The van der Waals surface area contributed by atoms with E-state index >= 15 is 0 Å². The van der Waals surface area contributed by atoms with Crippen molar-refractivity contribution >= 4 is 29.5 Å². The van der Waals surface area contributed by atoms with Crippen molar-refractivity contribution < 1.29 is 14.6 Å². The van der Waals surface area contributed by atoms with Crippen LogP contribution in [0.3, 0.4) is 0 Å². The summed E-state index contributed by atoms with van der Waals surface area (Å²) in [5.74, 6) is 0.832. The smallest absolute Gasteiger partial charge is 0.311 e. The molecule has 0 unspecified atom stereocenters. The van der Waals surface area contributed by atoms with Gasteiger partial charge in [0.05, 0.1) is 29.8 Å². The average Bonchev–Trinajstić information content (AvgIpc) is 2.39. The zero-order chi connectivity index (χ0) is 14.3. The fourth-order valence-electron chi connectivity index (χ4n) is 2.01. The number of aliphatic hydroxyl groups excluding tert-OH is 1. The highest BCUT2D eigenvalue weighted by Crippen LogP contribution is 2.36. The molecule has 0 spiro atoms. The standard InChI is InChI=1S/C11H19N3O3S2/c1-7(15)10(11(16)17-2)8(13-14-12)6-9-18-4-3-5-19-9/h7-10,15H,3-6H2,1-2H3/t7-,8-,10-/m1/s1. The van der Waals surface area contributed by atoms with Gasteiger partial charge in [0.15, 0.2) is 0 Å². The first-order valence-corrected chi connectivity index (χ1v) is 8.23. The lowest BCUT2D eigenvalue weighted by Gasteiger charge is -2.28. The molecule has 1 saturated heterocycles. The van der Waals surface area contributed by atoms with Crippen LogP contribution in [0, 0.1) is 5.92 Å². The van der Waals surface area contributed by atoms with Gasteiger partial charge in [-0.3, -0.25) is 4.79 Å². The Labute approximate surface area is 121 Å². The predicted octanol–water partition coefficient (Wildman–Crippen LogP) is 2.42. The molecule has 1 N–H and O–H groups in total. The zero-order valence-electron chi connectivity index (χ0n) is 11.1. The van der Waals surface area contributed by atoms with Crippen molar-refractivity contribution in [3.05, 3.63) is 10.4 Å². The van der Waals surface area contributed by atoms with Crippen LogP contribution in [-0.4, -0.2) is 46.4 Å². The highest BCUT2D eigenvalue weighted by atomic mass is 32.2. The quantitative estimate of drug-likeness (QED) is 0.352. The van der Waals surface area contributed by atoms with Gasteiger partial charge >= 0.3 is 5.97 Å². The number of hydrogen-bond donors (Lipinski definition) is 1. The predicted molar refractivity (Wildman–Crippen MR) is 78.1 cm³/mol. The van der Waals surface area contributed by atoms with Crippen LogP contribution in [0.1, 0.15) is 19.8 Å². The summed E-state index contributed by atoms with van der Waals surface area (Å²) in [6.07, 6.45) is 0.848. The van der Waals surface area contributed by atoms with E-state index in [1.807, 2.05) is 23.5 Å². The molecule has 1 fully saturated rings. The van der Waals surface area contributed by atoms with Crippen LogP contribution in [0.4, 0.5) is 0 Å². The van der Waals surface area contributed by atoms with E-state index in [1.165, 1.54) is 20.5 Å². The summed E-state index contributed by atoms with van der Waals surface area (Å²) >= 11 is 3.62. The first-order chi connectivity index (χ1) is 9.10. The number of methoxy groups -OCH3 is 1. The second-order valence-electron chi connectivity index (χ2n) is 4.32. The summed E-state index contributed by atoms with van der Waals surface area (Å²) in [5, 5.41) is 13.4. The van der Waals surface area contributed by atoms with Crippen LogP contribution in [0.2, 0.25) is 0 Å². The van der Waals surface area contributed by atoms with Crippen LogP contribution in [0.25, 0.3) is 10.4 Å². The van der Waals surface area contributed by atoms with Gasteiger partial charge in [0.2, 0.25) is 0 Å². The molecule has 0 aromatic heterocycles. The Kier molecular flexibility index (Phi) is 7.45. The van der Waals surface area contributed by atoms with Gasteiger partial charge in [-0.05, 0) is 36.8 Å². The van der Waals surface area contributed by atoms with E-state index in [9.17, 15) is 9.90 Å². The van der Waals surface area contributed by atoms with Crippen molar-refractivity contribution in [3.8, 4) is 0 Å². The number of carbonyl (C=O) groups is 1. The van der Waals surface area contributed by atoms with Gasteiger partial charge in [0.1, 0.15) is 0 Å². The first-order valence-electron chi connectivity index (χ1n) is 6.13. The number of nitrogens with zero attached hydrogens (tertiary/aromatic N) is 3. The Morgan fingerprint density at radius 2 is 2.21 bits per heavy atom. The molecule has 1 aliphatic rings. The summed E-state index contributed by atoms with van der Waals surface area (Å²) in [6, 6.07) is -0.569. The van der Waals surface area contributed by atoms with Crippen LogP contribution >= 0.6 is 23.5 Å². The molecular formula is C11H19N3O3S2. The van der Waals surface area contributed by atoms with E-state index in [-0.39, 0.29) is 0 Å². The molecule has 3 atom stereocenters. The Morgan fingerprint density at radius 1 is 1.58 bits per heavy atom. The fraction of sp³-hybridized carbons (Fsp3) is 0.909. The van der Waals surface area contributed by atoms with Gasteiger partial charge in [-0.25, -0.2) is 0 Å². The number of thioether (sulfide) groups is 2. The van der Waals surface area contributed by atoms with Crippen LogP contribution in [-0.2, 0) is 9.53 Å². The lowest BCUT2D eigenvalue weighted by molar-refractivity contribution is -0.150.